The van der Waals surface area contributed by atoms with E-state index in [1.54, 1.807) is 0 Å². The van der Waals surface area contributed by atoms with E-state index in [1.165, 1.54) is 5.56 Å². The van der Waals surface area contributed by atoms with Crippen LogP contribution in [0.5, 0.6) is 0 Å². The topological polar surface area (TPSA) is 56.9 Å². The van der Waals surface area contributed by atoms with E-state index in [9.17, 15) is 9.90 Å². The smallest absolute Gasteiger partial charge is 0.222 e. The molecule has 5 heteroatoms. The van der Waals surface area contributed by atoms with Crippen molar-refractivity contribution < 1.29 is 14.3 Å². The molecule has 30 heavy (non-hydrogen) atoms. The number of aryl methyl sites for hydroxylation is 2. The van der Waals surface area contributed by atoms with Gasteiger partial charge in [0.25, 0.3) is 0 Å². The molecule has 2 atom stereocenters. The minimum absolute atomic E-state index is 0.0965. The molecule has 0 saturated carbocycles. The molecule has 1 N–H and O–H groups in total. The summed E-state index contributed by atoms with van der Waals surface area (Å²) in [5, 5.41) is 10.3. The Kier molecular flexibility index (Phi) is 6.59. The van der Waals surface area contributed by atoms with Crippen molar-refractivity contribution >= 4 is 5.91 Å². The van der Waals surface area contributed by atoms with Crippen LogP contribution in [-0.4, -0.2) is 53.1 Å². The molecular formula is C25H34N2O3. The third-order valence-corrected chi connectivity index (χ3v) is 7.06. The highest BCUT2D eigenvalue weighted by Gasteiger charge is 2.48. The molecule has 0 radical (unpaired) electrons. The van der Waals surface area contributed by atoms with Gasteiger partial charge in [0.1, 0.15) is 11.5 Å². The second-order valence-corrected chi connectivity index (χ2v) is 9.05. The van der Waals surface area contributed by atoms with E-state index in [-0.39, 0.29) is 24.0 Å². The summed E-state index contributed by atoms with van der Waals surface area (Å²) in [5.74, 6) is 2.14. The molecule has 2 aliphatic rings. The lowest BCUT2D eigenvalue weighted by Gasteiger charge is -2.54. The molecule has 2 aromatic rings. The van der Waals surface area contributed by atoms with Crippen LogP contribution >= 0.6 is 0 Å². The summed E-state index contributed by atoms with van der Waals surface area (Å²) < 4.78 is 5.82. The zero-order valence-electron chi connectivity index (χ0n) is 18.1. The van der Waals surface area contributed by atoms with Crippen molar-refractivity contribution in [2.45, 2.75) is 58.0 Å². The second kappa shape index (κ2) is 9.36. The van der Waals surface area contributed by atoms with Gasteiger partial charge in [-0.25, -0.2) is 0 Å². The number of amides is 1. The van der Waals surface area contributed by atoms with E-state index in [4.69, 9.17) is 4.42 Å². The molecule has 2 fully saturated rings. The van der Waals surface area contributed by atoms with Crippen LogP contribution < -0.4 is 0 Å². The van der Waals surface area contributed by atoms with Gasteiger partial charge in [-0.15, -0.1) is 0 Å². The first-order chi connectivity index (χ1) is 14.6. The molecule has 162 valence electrons. The predicted molar refractivity (Wildman–Crippen MR) is 117 cm³/mol. The van der Waals surface area contributed by atoms with Crippen molar-refractivity contribution in [2.75, 3.05) is 26.2 Å². The van der Waals surface area contributed by atoms with E-state index in [0.717, 1.165) is 63.3 Å². The van der Waals surface area contributed by atoms with Gasteiger partial charge in [0.2, 0.25) is 5.91 Å². The highest BCUT2D eigenvalue weighted by atomic mass is 16.3. The molecule has 5 nitrogen and oxygen atoms in total. The van der Waals surface area contributed by atoms with Gasteiger partial charge in [-0.05, 0) is 63.3 Å². The number of benzene rings is 1. The highest BCUT2D eigenvalue weighted by molar-refractivity contribution is 5.76. The number of hydrogen-bond acceptors (Lipinski definition) is 4. The van der Waals surface area contributed by atoms with Crippen LogP contribution in [-0.2, 0) is 17.8 Å². The standard InChI is InChI=1S/C25H34N2O3/c1-20-11-12-22(30-20)17-26-15-6-13-25(19-28)14-16-27(18-23(25)26)24(29)10-5-9-21-7-3-2-4-8-21/h2-4,7-8,11-12,23,28H,5-6,9-10,13-19H2,1H3/t23-,25-/m0/s1. The third kappa shape index (κ3) is 4.62. The van der Waals surface area contributed by atoms with Gasteiger partial charge >= 0.3 is 0 Å². The highest BCUT2D eigenvalue weighted by Crippen LogP contribution is 2.42. The Morgan fingerprint density at radius 1 is 1.17 bits per heavy atom. The number of piperidine rings is 2. The molecular weight excluding hydrogens is 376 g/mol. The number of likely N-dealkylation sites (tertiary alicyclic amines) is 2. The Bertz CT molecular complexity index is 834. The first-order valence-corrected chi connectivity index (χ1v) is 11.3. The quantitative estimate of drug-likeness (QED) is 0.755. The number of aliphatic hydroxyl groups is 1. The van der Waals surface area contributed by atoms with E-state index < -0.39 is 0 Å². The van der Waals surface area contributed by atoms with Crippen LogP contribution in [0.15, 0.2) is 46.9 Å². The summed E-state index contributed by atoms with van der Waals surface area (Å²) >= 11 is 0. The second-order valence-electron chi connectivity index (χ2n) is 9.05. The lowest BCUT2D eigenvalue weighted by atomic mass is 9.69. The molecule has 0 unspecified atom stereocenters. The fraction of sp³-hybridized carbons (Fsp3) is 0.560. The van der Waals surface area contributed by atoms with Crippen LogP contribution in [0.2, 0.25) is 0 Å². The molecule has 0 spiro atoms. The predicted octanol–water partition coefficient (Wildman–Crippen LogP) is 3.79. The van der Waals surface area contributed by atoms with Crippen molar-refractivity contribution in [3.8, 4) is 0 Å². The molecule has 0 bridgehead atoms. The van der Waals surface area contributed by atoms with Crippen LogP contribution in [0.1, 0.15) is 49.2 Å². The maximum atomic E-state index is 13.0. The van der Waals surface area contributed by atoms with Gasteiger partial charge in [-0.3, -0.25) is 9.69 Å². The number of hydrogen-bond donors (Lipinski definition) is 1. The van der Waals surface area contributed by atoms with Gasteiger partial charge in [-0.1, -0.05) is 30.3 Å². The van der Waals surface area contributed by atoms with Crippen LogP contribution in [0.4, 0.5) is 0 Å². The van der Waals surface area contributed by atoms with Crippen LogP contribution in [0.3, 0.4) is 0 Å². The summed E-state index contributed by atoms with van der Waals surface area (Å²) in [6.07, 6.45) is 5.41. The zero-order chi connectivity index (χ0) is 21.0. The summed E-state index contributed by atoms with van der Waals surface area (Å²) in [5.41, 5.74) is 1.19. The molecule has 1 aromatic heterocycles. The normalized spacial score (nSPS) is 24.6. The lowest BCUT2D eigenvalue weighted by Crippen LogP contribution is -2.63. The van der Waals surface area contributed by atoms with Crippen molar-refractivity contribution in [1.29, 1.82) is 0 Å². The molecule has 1 aromatic carbocycles. The van der Waals surface area contributed by atoms with Gasteiger partial charge in [0, 0.05) is 31.0 Å². The average molecular weight is 411 g/mol. The molecule has 2 aliphatic heterocycles. The fourth-order valence-electron chi connectivity index (χ4n) is 5.30. The van der Waals surface area contributed by atoms with Crippen molar-refractivity contribution in [3.63, 3.8) is 0 Å². The average Bonchev–Trinajstić information content (AvgIpc) is 3.19. The van der Waals surface area contributed by atoms with Gasteiger partial charge < -0.3 is 14.4 Å². The van der Waals surface area contributed by atoms with Crippen molar-refractivity contribution in [3.05, 3.63) is 59.5 Å². The molecule has 2 saturated heterocycles. The minimum Gasteiger partial charge on any atom is -0.465 e. The Morgan fingerprint density at radius 3 is 2.73 bits per heavy atom. The van der Waals surface area contributed by atoms with Crippen molar-refractivity contribution in [2.24, 2.45) is 5.41 Å². The number of fused-ring (bicyclic) bond motifs is 1. The van der Waals surface area contributed by atoms with Gasteiger partial charge in [0.05, 0.1) is 13.2 Å². The number of furan rings is 1. The molecule has 3 heterocycles. The molecule has 1 amide bonds. The molecule has 0 aliphatic carbocycles. The van der Waals surface area contributed by atoms with Crippen LogP contribution in [0, 0.1) is 12.3 Å². The van der Waals surface area contributed by atoms with Crippen molar-refractivity contribution in [1.82, 2.24) is 9.80 Å². The largest absolute Gasteiger partial charge is 0.465 e. The minimum atomic E-state index is -0.0965. The summed E-state index contributed by atoms with van der Waals surface area (Å²) in [4.78, 5) is 17.4. The Morgan fingerprint density at radius 2 is 2.00 bits per heavy atom. The van der Waals surface area contributed by atoms with Crippen LogP contribution in [0.25, 0.3) is 0 Å². The van der Waals surface area contributed by atoms with E-state index in [0.29, 0.717) is 13.0 Å². The van der Waals surface area contributed by atoms with E-state index in [1.807, 2.05) is 30.0 Å². The SMILES string of the molecule is Cc1ccc(CN2CCC[C@@]3(CO)CCN(C(=O)CCCc4ccccc4)C[C@H]23)o1. The maximum Gasteiger partial charge on any atom is 0.222 e. The van der Waals surface area contributed by atoms with E-state index >= 15 is 0 Å². The Labute approximate surface area is 179 Å². The lowest BCUT2D eigenvalue weighted by molar-refractivity contribution is -0.141. The Balaban J connectivity index is 1.39. The number of nitrogens with zero attached hydrogens (tertiary/aromatic N) is 2. The summed E-state index contributed by atoms with van der Waals surface area (Å²) in [7, 11) is 0. The summed E-state index contributed by atoms with van der Waals surface area (Å²) in [6, 6.07) is 14.6. The zero-order valence-corrected chi connectivity index (χ0v) is 18.1. The maximum absolute atomic E-state index is 13.0. The monoisotopic (exact) mass is 410 g/mol. The van der Waals surface area contributed by atoms with Gasteiger partial charge in [0.15, 0.2) is 0 Å². The van der Waals surface area contributed by atoms with E-state index in [2.05, 4.69) is 29.2 Å². The number of carbonyl (C=O) groups excluding carboxylic acids is 1. The number of rotatable bonds is 7. The molecule has 4 rings (SSSR count). The summed E-state index contributed by atoms with van der Waals surface area (Å²) in [6.45, 7) is 5.37. The fourth-order valence-corrected chi connectivity index (χ4v) is 5.30. The van der Waals surface area contributed by atoms with Gasteiger partial charge in [-0.2, -0.15) is 0 Å². The first kappa shape index (κ1) is 21.1. The Hall–Kier alpha value is -2.11. The number of carbonyl (C=O) groups is 1. The number of aliphatic hydroxyl groups excluding tert-OH is 1. The first-order valence-electron chi connectivity index (χ1n) is 11.3. The third-order valence-electron chi connectivity index (χ3n) is 7.06.